The normalized spacial score (nSPS) is 24.2. The highest BCUT2D eigenvalue weighted by Crippen LogP contribution is 2.16. The molecule has 0 bridgehead atoms. The molecule has 2 saturated heterocycles. The van der Waals surface area contributed by atoms with Crippen molar-refractivity contribution in [1.82, 2.24) is 20.2 Å². The van der Waals surface area contributed by atoms with Gasteiger partial charge in [0.25, 0.3) is 0 Å². The Morgan fingerprint density at radius 1 is 1.37 bits per heavy atom. The topological polar surface area (TPSA) is 65.1 Å². The van der Waals surface area contributed by atoms with E-state index >= 15 is 0 Å². The lowest BCUT2D eigenvalue weighted by molar-refractivity contribution is 0.399. The first kappa shape index (κ1) is 12.6. The van der Waals surface area contributed by atoms with E-state index in [1.807, 2.05) is 6.07 Å². The van der Waals surface area contributed by atoms with Crippen LogP contribution in [0.15, 0.2) is 12.4 Å². The minimum absolute atomic E-state index is 0.506. The molecular formula is C13H22N6. The highest BCUT2D eigenvalue weighted by molar-refractivity contribution is 5.47. The van der Waals surface area contributed by atoms with Gasteiger partial charge in [-0.2, -0.15) is 0 Å². The average molecular weight is 262 g/mol. The zero-order valence-electron chi connectivity index (χ0n) is 11.4. The SMILES string of the molecule is CN1CCC(CNc2cc(NC3CNC3)ncn2)C1. The third kappa shape index (κ3) is 3.33. The van der Waals surface area contributed by atoms with Gasteiger partial charge in [-0.25, -0.2) is 9.97 Å². The molecule has 6 heteroatoms. The van der Waals surface area contributed by atoms with E-state index in [9.17, 15) is 0 Å². The molecule has 1 aromatic heterocycles. The van der Waals surface area contributed by atoms with Crippen LogP contribution >= 0.6 is 0 Å². The van der Waals surface area contributed by atoms with Gasteiger partial charge in [-0.3, -0.25) is 0 Å². The molecule has 3 heterocycles. The molecule has 104 valence electrons. The summed E-state index contributed by atoms with van der Waals surface area (Å²) in [6.45, 7) is 5.41. The Hall–Kier alpha value is -1.40. The van der Waals surface area contributed by atoms with Crippen molar-refractivity contribution in [1.29, 1.82) is 0 Å². The van der Waals surface area contributed by atoms with Gasteiger partial charge in [-0.1, -0.05) is 0 Å². The predicted molar refractivity (Wildman–Crippen MR) is 76.4 cm³/mol. The van der Waals surface area contributed by atoms with Gasteiger partial charge in [-0.05, 0) is 25.9 Å². The van der Waals surface area contributed by atoms with Gasteiger partial charge in [-0.15, -0.1) is 0 Å². The van der Waals surface area contributed by atoms with Gasteiger partial charge in [0.1, 0.15) is 18.0 Å². The zero-order valence-corrected chi connectivity index (χ0v) is 11.4. The summed E-state index contributed by atoms with van der Waals surface area (Å²) in [5.41, 5.74) is 0. The molecule has 3 N–H and O–H groups in total. The molecule has 0 aromatic carbocycles. The molecule has 2 aliphatic rings. The van der Waals surface area contributed by atoms with Crippen LogP contribution in [-0.2, 0) is 0 Å². The smallest absolute Gasteiger partial charge is 0.131 e. The first-order valence-electron chi connectivity index (χ1n) is 7.01. The maximum atomic E-state index is 4.28. The molecule has 19 heavy (non-hydrogen) atoms. The zero-order chi connectivity index (χ0) is 13.1. The number of nitrogens with zero attached hydrogens (tertiary/aromatic N) is 3. The first-order chi connectivity index (χ1) is 9.29. The molecule has 0 spiro atoms. The summed E-state index contributed by atoms with van der Waals surface area (Å²) in [7, 11) is 2.18. The molecule has 0 saturated carbocycles. The fourth-order valence-electron chi connectivity index (χ4n) is 2.57. The van der Waals surface area contributed by atoms with Gasteiger partial charge in [0, 0.05) is 32.2 Å². The fraction of sp³-hybridized carbons (Fsp3) is 0.692. The summed E-state index contributed by atoms with van der Waals surface area (Å²) in [4.78, 5) is 10.9. The molecule has 2 aliphatic heterocycles. The van der Waals surface area contributed by atoms with Crippen molar-refractivity contribution >= 4 is 11.6 Å². The van der Waals surface area contributed by atoms with Crippen LogP contribution in [0.3, 0.4) is 0 Å². The summed E-state index contributed by atoms with van der Waals surface area (Å²) >= 11 is 0. The van der Waals surface area contributed by atoms with E-state index in [2.05, 4.69) is 37.9 Å². The Labute approximate surface area is 114 Å². The van der Waals surface area contributed by atoms with E-state index < -0.39 is 0 Å². The van der Waals surface area contributed by atoms with E-state index in [1.54, 1.807) is 6.33 Å². The molecule has 0 aliphatic carbocycles. The van der Waals surface area contributed by atoms with Crippen molar-refractivity contribution in [2.24, 2.45) is 5.92 Å². The molecule has 1 atom stereocenters. The highest BCUT2D eigenvalue weighted by atomic mass is 15.1. The molecule has 0 radical (unpaired) electrons. The van der Waals surface area contributed by atoms with Crippen molar-refractivity contribution in [3.05, 3.63) is 12.4 Å². The fourth-order valence-corrected chi connectivity index (χ4v) is 2.57. The first-order valence-corrected chi connectivity index (χ1v) is 7.01. The van der Waals surface area contributed by atoms with Crippen molar-refractivity contribution in [3.63, 3.8) is 0 Å². The van der Waals surface area contributed by atoms with Gasteiger partial charge in [0.15, 0.2) is 0 Å². The number of nitrogens with one attached hydrogen (secondary N) is 3. The van der Waals surface area contributed by atoms with Crippen LogP contribution in [0.4, 0.5) is 11.6 Å². The van der Waals surface area contributed by atoms with Crippen LogP contribution in [0.5, 0.6) is 0 Å². The summed E-state index contributed by atoms with van der Waals surface area (Å²) in [6.07, 6.45) is 2.89. The lowest BCUT2D eigenvalue weighted by atomic mass is 10.1. The van der Waals surface area contributed by atoms with Crippen LogP contribution in [-0.4, -0.2) is 60.7 Å². The molecule has 1 aromatic rings. The number of hydrogen-bond acceptors (Lipinski definition) is 6. The minimum Gasteiger partial charge on any atom is -0.370 e. The summed E-state index contributed by atoms with van der Waals surface area (Å²) in [5, 5.41) is 10.1. The Morgan fingerprint density at radius 2 is 2.21 bits per heavy atom. The second kappa shape index (κ2) is 5.71. The van der Waals surface area contributed by atoms with E-state index in [0.29, 0.717) is 6.04 Å². The van der Waals surface area contributed by atoms with Gasteiger partial charge in [0.2, 0.25) is 0 Å². The summed E-state index contributed by atoms with van der Waals surface area (Å²) in [5.74, 6) is 2.55. The maximum absolute atomic E-state index is 4.28. The van der Waals surface area contributed by atoms with Crippen molar-refractivity contribution < 1.29 is 0 Å². The lowest BCUT2D eigenvalue weighted by Gasteiger charge is -2.28. The van der Waals surface area contributed by atoms with E-state index in [-0.39, 0.29) is 0 Å². The van der Waals surface area contributed by atoms with Gasteiger partial charge >= 0.3 is 0 Å². The van der Waals surface area contributed by atoms with E-state index in [1.165, 1.54) is 19.5 Å². The number of anilines is 2. The maximum Gasteiger partial charge on any atom is 0.131 e. The summed E-state index contributed by atoms with van der Waals surface area (Å²) in [6, 6.07) is 2.50. The number of rotatable bonds is 5. The Balaban J connectivity index is 1.50. The minimum atomic E-state index is 0.506. The second-order valence-corrected chi connectivity index (χ2v) is 5.59. The Morgan fingerprint density at radius 3 is 2.89 bits per heavy atom. The number of likely N-dealkylation sites (tertiary alicyclic amines) is 1. The highest BCUT2D eigenvalue weighted by Gasteiger charge is 2.19. The van der Waals surface area contributed by atoms with Crippen LogP contribution in [0.1, 0.15) is 6.42 Å². The van der Waals surface area contributed by atoms with Crippen LogP contribution in [0.2, 0.25) is 0 Å². The molecule has 1 unspecified atom stereocenters. The van der Waals surface area contributed by atoms with Crippen molar-refractivity contribution in [2.75, 3.05) is 50.4 Å². The number of hydrogen-bond donors (Lipinski definition) is 3. The van der Waals surface area contributed by atoms with Crippen molar-refractivity contribution in [2.45, 2.75) is 12.5 Å². The van der Waals surface area contributed by atoms with Crippen LogP contribution in [0.25, 0.3) is 0 Å². The van der Waals surface area contributed by atoms with E-state index in [4.69, 9.17) is 0 Å². The third-order valence-electron chi connectivity index (χ3n) is 3.86. The monoisotopic (exact) mass is 262 g/mol. The second-order valence-electron chi connectivity index (χ2n) is 5.59. The largest absolute Gasteiger partial charge is 0.370 e. The quantitative estimate of drug-likeness (QED) is 0.706. The molecule has 2 fully saturated rings. The Kier molecular flexibility index (Phi) is 3.79. The Bertz CT molecular complexity index is 419. The molecular weight excluding hydrogens is 240 g/mol. The molecule has 3 rings (SSSR count). The lowest BCUT2D eigenvalue weighted by Crippen LogP contribution is -2.51. The molecule has 6 nitrogen and oxygen atoms in total. The van der Waals surface area contributed by atoms with Gasteiger partial charge < -0.3 is 20.9 Å². The van der Waals surface area contributed by atoms with E-state index in [0.717, 1.165) is 37.2 Å². The third-order valence-corrected chi connectivity index (χ3v) is 3.86. The van der Waals surface area contributed by atoms with Gasteiger partial charge in [0.05, 0.1) is 6.04 Å². The summed E-state index contributed by atoms with van der Waals surface area (Å²) < 4.78 is 0. The standard InChI is InChI=1S/C13H22N6/c1-19-3-2-10(8-19)5-15-12-4-13(17-9-16-12)18-11-6-14-7-11/h4,9-11,14H,2-3,5-8H2,1H3,(H2,15,16,17,18). The molecule has 0 amide bonds. The van der Waals surface area contributed by atoms with Crippen LogP contribution < -0.4 is 16.0 Å². The van der Waals surface area contributed by atoms with Crippen LogP contribution in [0, 0.1) is 5.92 Å². The van der Waals surface area contributed by atoms with Crippen molar-refractivity contribution in [3.8, 4) is 0 Å². The average Bonchev–Trinajstić information content (AvgIpc) is 2.78. The predicted octanol–water partition coefficient (Wildman–Crippen LogP) is 0.224. The number of aromatic nitrogens is 2.